The van der Waals surface area contributed by atoms with Crippen LogP contribution in [0.5, 0.6) is 17.4 Å². The topological polar surface area (TPSA) is 67.8 Å². The van der Waals surface area contributed by atoms with Gasteiger partial charge in [0.2, 0.25) is 5.88 Å². The van der Waals surface area contributed by atoms with Crippen LogP contribution in [0.3, 0.4) is 0 Å². The smallest absolute Gasteiger partial charge is 0.253 e. The number of hydrogen-bond donors (Lipinski definition) is 0. The maximum atomic E-state index is 12.8. The molecule has 0 atom stereocenters. The van der Waals surface area contributed by atoms with E-state index in [9.17, 15) is 4.79 Å². The fourth-order valence-corrected chi connectivity index (χ4v) is 3.33. The van der Waals surface area contributed by atoms with Gasteiger partial charge in [0.25, 0.3) is 5.91 Å². The third kappa shape index (κ3) is 4.68. The van der Waals surface area contributed by atoms with Gasteiger partial charge in [0.15, 0.2) is 5.82 Å². The molecule has 4 rings (SSSR count). The Hall–Kier alpha value is -3.61. The number of carbonyl (C=O) groups is 1. The summed E-state index contributed by atoms with van der Waals surface area (Å²) < 4.78 is 11.1. The third-order valence-electron chi connectivity index (χ3n) is 4.89. The van der Waals surface area contributed by atoms with Crippen LogP contribution in [0.25, 0.3) is 0 Å². The second-order valence-corrected chi connectivity index (χ2v) is 6.88. The van der Waals surface area contributed by atoms with Crippen LogP contribution in [0, 0.1) is 0 Å². The summed E-state index contributed by atoms with van der Waals surface area (Å²) in [6.45, 7) is 5.23. The van der Waals surface area contributed by atoms with Crippen molar-refractivity contribution in [3.05, 3.63) is 72.3 Å². The molecule has 30 heavy (non-hydrogen) atoms. The first-order valence-corrected chi connectivity index (χ1v) is 10.1. The fraction of sp³-hybridized carbons (Fsp3) is 0.261. The van der Waals surface area contributed by atoms with E-state index in [4.69, 9.17) is 9.47 Å². The summed E-state index contributed by atoms with van der Waals surface area (Å²) in [6, 6.07) is 20.5. The molecule has 1 aliphatic heterocycles. The molecule has 0 saturated carbocycles. The Balaban J connectivity index is 1.32. The lowest BCUT2D eigenvalue weighted by atomic mass is 10.1. The van der Waals surface area contributed by atoms with E-state index < -0.39 is 0 Å². The highest BCUT2D eigenvalue weighted by molar-refractivity contribution is 5.94. The first kappa shape index (κ1) is 19.7. The predicted octanol–water partition coefficient (Wildman–Crippen LogP) is 3.63. The van der Waals surface area contributed by atoms with Crippen molar-refractivity contribution in [2.45, 2.75) is 6.92 Å². The minimum Gasteiger partial charge on any atom is -0.494 e. The van der Waals surface area contributed by atoms with E-state index in [2.05, 4.69) is 15.1 Å². The van der Waals surface area contributed by atoms with Crippen molar-refractivity contribution in [2.75, 3.05) is 37.7 Å². The molecule has 1 saturated heterocycles. The number of benzene rings is 2. The summed E-state index contributed by atoms with van der Waals surface area (Å²) in [6.07, 6.45) is 0. The number of nitrogens with zero attached hydrogens (tertiary/aromatic N) is 4. The van der Waals surface area contributed by atoms with E-state index in [1.54, 1.807) is 0 Å². The number of aromatic nitrogens is 2. The standard InChI is InChI=1S/C23H24N4O3/c1-2-29-19-10-8-18(9-11-19)23(28)27-16-14-26(15-17-27)21-12-13-22(25-24-21)30-20-6-4-3-5-7-20/h3-13H,2,14-17H2,1H3. The predicted molar refractivity (Wildman–Crippen MR) is 114 cm³/mol. The molecule has 3 aromatic rings. The van der Waals surface area contributed by atoms with Gasteiger partial charge >= 0.3 is 0 Å². The number of ether oxygens (including phenoxy) is 2. The van der Waals surface area contributed by atoms with Crippen LogP contribution >= 0.6 is 0 Å². The maximum Gasteiger partial charge on any atom is 0.253 e. The van der Waals surface area contributed by atoms with Gasteiger partial charge in [0.1, 0.15) is 11.5 Å². The Kier molecular flexibility index (Phi) is 6.08. The molecule has 7 nitrogen and oxygen atoms in total. The zero-order chi connectivity index (χ0) is 20.8. The van der Waals surface area contributed by atoms with Gasteiger partial charge in [0, 0.05) is 37.8 Å². The Morgan fingerprint density at radius 2 is 1.60 bits per heavy atom. The second kappa shape index (κ2) is 9.26. The molecule has 0 N–H and O–H groups in total. The van der Waals surface area contributed by atoms with Crippen LogP contribution in [0.15, 0.2) is 66.7 Å². The van der Waals surface area contributed by atoms with Gasteiger partial charge in [-0.1, -0.05) is 18.2 Å². The zero-order valence-corrected chi connectivity index (χ0v) is 16.9. The van der Waals surface area contributed by atoms with E-state index in [0.717, 1.165) is 17.3 Å². The monoisotopic (exact) mass is 404 g/mol. The number of hydrogen-bond acceptors (Lipinski definition) is 6. The molecule has 1 aliphatic rings. The van der Waals surface area contributed by atoms with Gasteiger partial charge in [-0.2, -0.15) is 0 Å². The van der Waals surface area contributed by atoms with Gasteiger partial charge in [-0.15, -0.1) is 10.2 Å². The Morgan fingerprint density at radius 3 is 2.23 bits per heavy atom. The normalized spacial score (nSPS) is 13.8. The van der Waals surface area contributed by atoms with Gasteiger partial charge in [-0.25, -0.2) is 0 Å². The van der Waals surface area contributed by atoms with Crippen LogP contribution < -0.4 is 14.4 Å². The summed E-state index contributed by atoms with van der Waals surface area (Å²) in [4.78, 5) is 16.7. The molecule has 2 heterocycles. The number of para-hydroxylation sites is 1. The highest BCUT2D eigenvalue weighted by Gasteiger charge is 2.23. The first-order valence-electron chi connectivity index (χ1n) is 10.1. The molecule has 1 fully saturated rings. The van der Waals surface area contributed by atoms with Crippen LogP contribution in [0.4, 0.5) is 5.82 Å². The van der Waals surface area contributed by atoms with E-state index in [-0.39, 0.29) is 5.91 Å². The largest absolute Gasteiger partial charge is 0.494 e. The van der Waals surface area contributed by atoms with Crippen LogP contribution in [0.2, 0.25) is 0 Å². The molecule has 1 amide bonds. The maximum absolute atomic E-state index is 12.8. The Labute approximate surface area is 175 Å². The Morgan fingerprint density at radius 1 is 0.867 bits per heavy atom. The second-order valence-electron chi connectivity index (χ2n) is 6.88. The average molecular weight is 404 g/mol. The fourth-order valence-electron chi connectivity index (χ4n) is 3.33. The van der Waals surface area contributed by atoms with Crippen molar-refractivity contribution in [3.63, 3.8) is 0 Å². The SMILES string of the molecule is CCOc1ccc(C(=O)N2CCN(c3ccc(Oc4ccccc4)nn3)CC2)cc1. The number of carbonyl (C=O) groups excluding carboxylic acids is 1. The molecule has 0 aliphatic carbocycles. The van der Waals surface area contributed by atoms with Crippen molar-refractivity contribution in [1.82, 2.24) is 15.1 Å². The molecule has 154 valence electrons. The quantitative estimate of drug-likeness (QED) is 0.625. The van der Waals surface area contributed by atoms with Gasteiger partial charge in [-0.05, 0) is 49.4 Å². The molecule has 0 unspecified atom stereocenters. The molecule has 0 bridgehead atoms. The zero-order valence-electron chi connectivity index (χ0n) is 16.9. The lowest BCUT2D eigenvalue weighted by Gasteiger charge is -2.35. The number of piperazine rings is 1. The number of anilines is 1. The van der Waals surface area contributed by atoms with Crippen molar-refractivity contribution < 1.29 is 14.3 Å². The van der Waals surface area contributed by atoms with Crippen molar-refractivity contribution in [3.8, 4) is 17.4 Å². The van der Waals surface area contributed by atoms with E-state index in [1.165, 1.54) is 0 Å². The highest BCUT2D eigenvalue weighted by atomic mass is 16.5. The summed E-state index contributed by atoms with van der Waals surface area (Å²) in [7, 11) is 0. The lowest BCUT2D eigenvalue weighted by molar-refractivity contribution is 0.0746. The summed E-state index contributed by atoms with van der Waals surface area (Å²) >= 11 is 0. The number of amides is 1. The summed E-state index contributed by atoms with van der Waals surface area (Å²) in [5.74, 6) is 2.77. The van der Waals surface area contributed by atoms with E-state index in [1.807, 2.05) is 78.6 Å². The van der Waals surface area contributed by atoms with E-state index >= 15 is 0 Å². The molecule has 0 radical (unpaired) electrons. The molecule has 7 heteroatoms. The van der Waals surface area contributed by atoms with Crippen LogP contribution in [0.1, 0.15) is 17.3 Å². The summed E-state index contributed by atoms with van der Waals surface area (Å²) in [5.41, 5.74) is 0.675. The van der Waals surface area contributed by atoms with Crippen LogP contribution in [-0.4, -0.2) is 53.8 Å². The lowest BCUT2D eigenvalue weighted by Crippen LogP contribution is -2.49. The molecule has 0 spiro atoms. The minimum absolute atomic E-state index is 0.0374. The van der Waals surface area contributed by atoms with Gasteiger partial charge < -0.3 is 19.3 Å². The van der Waals surface area contributed by atoms with Crippen molar-refractivity contribution in [1.29, 1.82) is 0 Å². The van der Waals surface area contributed by atoms with Gasteiger partial charge in [0.05, 0.1) is 6.61 Å². The third-order valence-corrected chi connectivity index (χ3v) is 4.89. The first-order chi connectivity index (χ1) is 14.7. The minimum atomic E-state index is 0.0374. The molecule has 2 aromatic carbocycles. The Bertz CT molecular complexity index is 954. The molecular weight excluding hydrogens is 380 g/mol. The van der Waals surface area contributed by atoms with E-state index in [0.29, 0.717) is 44.2 Å². The summed E-state index contributed by atoms with van der Waals surface area (Å²) in [5, 5.41) is 8.46. The van der Waals surface area contributed by atoms with Gasteiger partial charge in [-0.3, -0.25) is 4.79 Å². The van der Waals surface area contributed by atoms with Crippen molar-refractivity contribution in [2.24, 2.45) is 0 Å². The number of rotatable bonds is 6. The highest BCUT2D eigenvalue weighted by Crippen LogP contribution is 2.21. The average Bonchev–Trinajstić information content (AvgIpc) is 2.81. The molecule has 1 aromatic heterocycles. The molecular formula is C23H24N4O3. The van der Waals surface area contributed by atoms with Crippen molar-refractivity contribution >= 4 is 11.7 Å². The van der Waals surface area contributed by atoms with Crippen LogP contribution in [-0.2, 0) is 0 Å².